The van der Waals surface area contributed by atoms with Crippen LogP contribution in [-0.4, -0.2) is 17.2 Å². The number of nitrogens with zero attached hydrogens (tertiary/aromatic N) is 2. The van der Waals surface area contributed by atoms with Crippen LogP contribution >= 0.6 is 11.6 Å². The Kier molecular flexibility index (Phi) is 5.61. The van der Waals surface area contributed by atoms with E-state index in [1.165, 1.54) is 6.21 Å². The maximum Gasteiger partial charge on any atom is 0.365 e. The van der Waals surface area contributed by atoms with E-state index in [2.05, 4.69) is 10.1 Å². The highest BCUT2D eigenvalue weighted by Crippen LogP contribution is 2.19. The summed E-state index contributed by atoms with van der Waals surface area (Å²) in [6.07, 6.45) is 2.97. The molecule has 1 aromatic heterocycles. The largest absolute Gasteiger partial charge is 0.439 e. The summed E-state index contributed by atoms with van der Waals surface area (Å²) >= 11 is 5.77. The zero-order valence-electron chi connectivity index (χ0n) is 13.9. The molecule has 0 aliphatic rings. The third kappa shape index (κ3) is 4.91. The second-order valence-corrected chi connectivity index (χ2v) is 5.90. The minimum atomic E-state index is -0.565. The molecule has 0 unspecified atom stereocenters. The fraction of sp³-hybridized carbons (Fsp3) is 0.0500. The number of aromatic nitrogens is 1. The summed E-state index contributed by atoms with van der Waals surface area (Å²) in [5, 5.41) is 4.22. The molecule has 130 valence electrons. The molecule has 0 saturated heterocycles. The van der Waals surface area contributed by atoms with E-state index < -0.39 is 5.97 Å². The summed E-state index contributed by atoms with van der Waals surface area (Å²) in [6.45, 7) is 2.01. The van der Waals surface area contributed by atoms with Crippen LogP contribution in [0.5, 0.6) is 11.6 Å². The SMILES string of the molecule is Cc1ccc(Oc2ccc(/C=N\OC(=O)c3ccc(Cl)cc3)cn2)cc1. The van der Waals surface area contributed by atoms with Gasteiger partial charge < -0.3 is 9.57 Å². The van der Waals surface area contributed by atoms with Crippen LogP contribution in [-0.2, 0) is 4.84 Å². The number of hydrogen-bond acceptors (Lipinski definition) is 5. The van der Waals surface area contributed by atoms with Crippen molar-refractivity contribution in [3.63, 3.8) is 0 Å². The molecule has 5 nitrogen and oxygen atoms in total. The van der Waals surface area contributed by atoms with Crippen LogP contribution in [0.4, 0.5) is 0 Å². The summed E-state index contributed by atoms with van der Waals surface area (Å²) in [6, 6.07) is 17.5. The van der Waals surface area contributed by atoms with Crippen LogP contribution in [0.15, 0.2) is 72.0 Å². The van der Waals surface area contributed by atoms with Crippen LogP contribution in [0, 0.1) is 6.92 Å². The van der Waals surface area contributed by atoms with Crippen molar-refractivity contribution in [1.82, 2.24) is 4.98 Å². The first-order chi connectivity index (χ1) is 12.6. The Bertz CT molecular complexity index is 905. The monoisotopic (exact) mass is 366 g/mol. The van der Waals surface area contributed by atoms with Gasteiger partial charge >= 0.3 is 5.97 Å². The summed E-state index contributed by atoms with van der Waals surface area (Å²) in [7, 11) is 0. The molecule has 2 aromatic carbocycles. The highest BCUT2D eigenvalue weighted by molar-refractivity contribution is 6.30. The number of rotatable bonds is 5. The van der Waals surface area contributed by atoms with E-state index in [0.29, 0.717) is 27.8 Å². The zero-order valence-corrected chi connectivity index (χ0v) is 14.7. The highest BCUT2D eigenvalue weighted by Gasteiger charge is 2.06. The number of hydrogen-bond donors (Lipinski definition) is 0. The molecule has 0 aliphatic carbocycles. The van der Waals surface area contributed by atoms with Crippen molar-refractivity contribution in [2.75, 3.05) is 0 Å². The van der Waals surface area contributed by atoms with E-state index in [9.17, 15) is 4.79 Å². The molecule has 1 heterocycles. The first-order valence-corrected chi connectivity index (χ1v) is 8.19. The lowest BCUT2D eigenvalue weighted by molar-refractivity contribution is 0.0519. The standard InChI is InChI=1S/C20H15ClN2O3/c1-14-2-9-18(10-3-14)25-19-11-4-15(12-22-19)13-23-26-20(24)16-5-7-17(21)8-6-16/h2-13H,1H3/b23-13-. The molecular weight excluding hydrogens is 352 g/mol. The van der Waals surface area contributed by atoms with Gasteiger partial charge in [0.2, 0.25) is 5.88 Å². The molecule has 0 atom stereocenters. The second kappa shape index (κ2) is 8.27. The van der Waals surface area contributed by atoms with E-state index >= 15 is 0 Å². The summed E-state index contributed by atoms with van der Waals surface area (Å²) < 4.78 is 5.65. The Morgan fingerprint density at radius 1 is 1.04 bits per heavy atom. The first-order valence-electron chi connectivity index (χ1n) is 7.81. The van der Waals surface area contributed by atoms with Gasteiger partial charge in [0.1, 0.15) is 5.75 Å². The first kappa shape index (κ1) is 17.6. The molecule has 6 heteroatoms. The predicted octanol–water partition coefficient (Wildman–Crippen LogP) is 5.03. The topological polar surface area (TPSA) is 60.8 Å². The van der Waals surface area contributed by atoms with E-state index in [1.807, 2.05) is 31.2 Å². The van der Waals surface area contributed by atoms with Crippen molar-refractivity contribution in [2.45, 2.75) is 6.92 Å². The van der Waals surface area contributed by atoms with Crippen LogP contribution in [0.2, 0.25) is 5.02 Å². The fourth-order valence-electron chi connectivity index (χ4n) is 2.03. The summed E-state index contributed by atoms with van der Waals surface area (Å²) in [5.74, 6) is 0.607. The molecular formula is C20H15ClN2O3. The molecule has 0 N–H and O–H groups in total. The van der Waals surface area contributed by atoms with E-state index in [-0.39, 0.29) is 0 Å². The van der Waals surface area contributed by atoms with Crippen molar-refractivity contribution in [1.29, 1.82) is 0 Å². The molecule has 0 saturated carbocycles. The quantitative estimate of drug-likeness (QED) is 0.361. The van der Waals surface area contributed by atoms with Crippen LogP contribution < -0.4 is 4.74 Å². The lowest BCUT2D eigenvalue weighted by Crippen LogP contribution is -2.00. The number of halogens is 1. The zero-order chi connectivity index (χ0) is 18.4. The van der Waals surface area contributed by atoms with Crippen LogP contribution in [0.1, 0.15) is 21.5 Å². The van der Waals surface area contributed by atoms with Crippen molar-refractivity contribution in [2.24, 2.45) is 5.16 Å². The van der Waals surface area contributed by atoms with Gasteiger partial charge in [0, 0.05) is 22.8 Å². The number of pyridine rings is 1. The number of benzene rings is 2. The van der Waals surface area contributed by atoms with Crippen molar-refractivity contribution < 1.29 is 14.4 Å². The molecule has 0 bridgehead atoms. The average molecular weight is 367 g/mol. The molecule has 0 spiro atoms. The molecule has 3 aromatic rings. The van der Waals surface area contributed by atoms with Crippen molar-refractivity contribution >= 4 is 23.8 Å². The van der Waals surface area contributed by atoms with Gasteiger partial charge in [-0.3, -0.25) is 0 Å². The van der Waals surface area contributed by atoms with Crippen LogP contribution in [0.3, 0.4) is 0 Å². The Balaban J connectivity index is 1.56. The van der Waals surface area contributed by atoms with Crippen LogP contribution in [0.25, 0.3) is 0 Å². The third-order valence-electron chi connectivity index (χ3n) is 3.42. The van der Waals surface area contributed by atoms with E-state index in [4.69, 9.17) is 21.2 Å². The number of aryl methyl sites for hydroxylation is 1. The smallest absolute Gasteiger partial charge is 0.365 e. The Morgan fingerprint density at radius 2 is 1.77 bits per heavy atom. The minimum Gasteiger partial charge on any atom is -0.439 e. The number of carbonyl (C=O) groups is 1. The van der Waals surface area contributed by atoms with Gasteiger partial charge in [-0.15, -0.1) is 0 Å². The summed E-state index contributed by atoms with van der Waals surface area (Å²) in [5.41, 5.74) is 2.20. The van der Waals surface area contributed by atoms with Gasteiger partial charge in [0.25, 0.3) is 0 Å². The van der Waals surface area contributed by atoms with E-state index in [0.717, 1.165) is 5.56 Å². The third-order valence-corrected chi connectivity index (χ3v) is 3.67. The van der Waals surface area contributed by atoms with Crippen molar-refractivity contribution in [3.8, 4) is 11.6 Å². The maximum absolute atomic E-state index is 11.8. The number of ether oxygens (including phenoxy) is 1. The Labute approximate surface area is 155 Å². The van der Waals surface area contributed by atoms with E-state index in [1.54, 1.807) is 42.6 Å². The predicted molar refractivity (Wildman–Crippen MR) is 100.0 cm³/mol. The number of carbonyl (C=O) groups excluding carboxylic acids is 1. The molecule has 0 amide bonds. The normalized spacial score (nSPS) is 10.7. The minimum absolute atomic E-state index is 0.367. The van der Waals surface area contributed by atoms with Gasteiger partial charge in [0.15, 0.2) is 0 Å². The lowest BCUT2D eigenvalue weighted by Gasteiger charge is -2.04. The molecule has 3 rings (SSSR count). The second-order valence-electron chi connectivity index (χ2n) is 5.47. The Hall–Kier alpha value is -3.18. The van der Waals surface area contributed by atoms with Gasteiger partial charge in [-0.25, -0.2) is 9.78 Å². The Morgan fingerprint density at radius 3 is 2.42 bits per heavy atom. The molecule has 26 heavy (non-hydrogen) atoms. The average Bonchev–Trinajstić information content (AvgIpc) is 2.65. The lowest BCUT2D eigenvalue weighted by atomic mass is 10.2. The maximum atomic E-state index is 11.8. The van der Waals surface area contributed by atoms with Crippen molar-refractivity contribution in [3.05, 3.63) is 88.6 Å². The fourth-order valence-corrected chi connectivity index (χ4v) is 2.16. The van der Waals surface area contributed by atoms with Gasteiger partial charge in [0.05, 0.1) is 11.8 Å². The molecule has 0 aliphatic heterocycles. The number of oxime groups is 1. The highest BCUT2D eigenvalue weighted by atomic mass is 35.5. The van der Waals surface area contributed by atoms with Gasteiger partial charge in [-0.05, 0) is 49.4 Å². The molecule has 0 radical (unpaired) electrons. The van der Waals surface area contributed by atoms with Gasteiger partial charge in [-0.1, -0.05) is 34.5 Å². The summed E-state index contributed by atoms with van der Waals surface area (Å²) in [4.78, 5) is 20.8. The molecule has 0 fully saturated rings. The van der Waals surface area contributed by atoms with Gasteiger partial charge in [-0.2, -0.15) is 0 Å².